The average molecular weight is 240 g/mol. The van der Waals surface area contributed by atoms with E-state index in [4.69, 9.17) is 4.74 Å². The largest absolute Gasteiger partial charge is 0.372 e. The number of nitrogens with zero attached hydrogens (tertiary/aromatic N) is 3. The Morgan fingerprint density at radius 1 is 1.65 bits per heavy atom. The SMILES string of the molecule is CCCCOCC(=O)N[C@@H](C)c1nncn1C. The molecule has 0 aliphatic heterocycles. The molecule has 0 radical (unpaired) electrons. The lowest BCUT2D eigenvalue weighted by Gasteiger charge is -2.12. The first kappa shape index (κ1) is 13.6. The Morgan fingerprint density at radius 2 is 2.41 bits per heavy atom. The van der Waals surface area contributed by atoms with Crippen molar-refractivity contribution < 1.29 is 9.53 Å². The van der Waals surface area contributed by atoms with Gasteiger partial charge in [-0.1, -0.05) is 13.3 Å². The Morgan fingerprint density at radius 3 is 3.00 bits per heavy atom. The number of amides is 1. The summed E-state index contributed by atoms with van der Waals surface area (Å²) in [6.45, 7) is 4.68. The molecule has 6 heteroatoms. The summed E-state index contributed by atoms with van der Waals surface area (Å²) in [6, 6.07) is -0.162. The molecule has 0 aliphatic rings. The highest BCUT2D eigenvalue weighted by molar-refractivity contribution is 5.77. The maximum atomic E-state index is 11.5. The van der Waals surface area contributed by atoms with Gasteiger partial charge in [0.15, 0.2) is 5.82 Å². The highest BCUT2D eigenvalue weighted by Gasteiger charge is 2.13. The number of nitrogens with one attached hydrogen (secondary N) is 1. The van der Waals surface area contributed by atoms with Crippen molar-refractivity contribution in [1.82, 2.24) is 20.1 Å². The molecular formula is C11H20N4O2. The summed E-state index contributed by atoms with van der Waals surface area (Å²) >= 11 is 0. The van der Waals surface area contributed by atoms with Crippen molar-refractivity contribution in [2.45, 2.75) is 32.7 Å². The molecule has 0 saturated carbocycles. The summed E-state index contributed by atoms with van der Waals surface area (Å²) in [7, 11) is 1.84. The van der Waals surface area contributed by atoms with E-state index in [9.17, 15) is 4.79 Å². The normalized spacial score (nSPS) is 12.4. The second kappa shape index (κ2) is 7.01. The van der Waals surface area contributed by atoms with Crippen molar-refractivity contribution in [3.05, 3.63) is 12.2 Å². The summed E-state index contributed by atoms with van der Waals surface area (Å²) < 4.78 is 7.01. The lowest BCUT2D eigenvalue weighted by atomic mass is 10.3. The second-order valence-corrected chi connectivity index (χ2v) is 4.00. The fraction of sp³-hybridized carbons (Fsp3) is 0.727. The van der Waals surface area contributed by atoms with E-state index in [2.05, 4.69) is 22.4 Å². The van der Waals surface area contributed by atoms with E-state index in [-0.39, 0.29) is 18.6 Å². The molecule has 0 aromatic carbocycles. The number of aromatic nitrogens is 3. The molecule has 0 fully saturated rings. The van der Waals surface area contributed by atoms with Crippen LogP contribution in [0.3, 0.4) is 0 Å². The number of unbranched alkanes of at least 4 members (excludes halogenated alkanes) is 1. The lowest BCUT2D eigenvalue weighted by Crippen LogP contribution is -2.31. The summed E-state index contributed by atoms with van der Waals surface area (Å²) in [5.41, 5.74) is 0. The third-order valence-electron chi connectivity index (χ3n) is 2.39. The molecule has 0 spiro atoms. The van der Waals surface area contributed by atoms with Crippen molar-refractivity contribution in [1.29, 1.82) is 0 Å². The van der Waals surface area contributed by atoms with Crippen LogP contribution < -0.4 is 5.32 Å². The molecule has 1 N–H and O–H groups in total. The number of carbonyl (C=O) groups is 1. The van der Waals surface area contributed by atoms with Crippen molar-refractivity contribution in [3.8, 4) is 0 Å². The van der Waals surface area contributed by atoms with Gasteiger partial charge in [-0.05, 0) is 13.3 Å². The van der Waals surface area contributed by atoms with Crippen LogP contribution in [0.5, 0.6) is 0 Å². The zero-order chi connectivity index (χ0) is 12.7. The first-order chi connectivity index (χ1) is 8.15. The minimum atomic E-state index is -0.162. The topological polar surface area (TPSA) is 69.0 Å². The maximum Gasteiger partial charge on any atom is 0.246 e. The Bertz CT molecular complexity index is 351. The molecule has 1 heterocycles. The maximum absolute atomic E-state index is 11.5. The van der Waals surface area contributed by atoms with Crippen LogP contribution in [0.1, 0.15) is 38.6 Å². The lowest BCUT2D eigenvalue weighted by molar-refractivity contribution is -0.126. The highest BCUT2D eigenvalue weighted by atomic mass is 16.5. The average Bonchev–Trinajstić information content (AvgIpc) is 2.71. The van der Waals surface area contributed by atoms with Crippen LogP contribution in [-0.2, 0) is 16.6 Å². The zero-order valence-corrected chi connectivity index (χ0v) is 10.6. The van der Waals surface area contributed by atoms with E-state index in [0.29, 0.717) is 6.61 Å². The summed E-state index contributed by atoms with van der Waals surface area (Å²) in [5.74, 6) is 0.600. The Labute approximate surface area is 101 Å². The van der Waals surface area contributed by atoms with Crippen LogP contribution in [0.2, 0.25) is 0 Å². The summed E-state index contributed by atoms with van der Waals surface area (Å²) in [5, 5.41) is 10.5. The zero-order valence-electron chi connectivity index (χ0n) is 10.6. The van der Waals surface area contributed by atoms with Gasteiger partial charge in [0.1, 0.15) is 12.9 Å². The van der Waals surface area contributed by atoms with Crippen LogP contribution in [0.4, 0.5) is 0 Å². The van der Waals surface area contributed by atoms with Gasteiger partial charge in [0, 0.05) is 13.7 Å². The first-order valence-corrected chi connectivity index (χ1v) is 5.86. The predicted octanol–water partition coefficient (Wildman–Crippen LogP) is 0.809. The van der Waals surface area contributed by atoms with Crippen LogP contribution in [-0.4, -0.2) is 33.9 Å². The molecule has 1 aromatic rings. The van der Waals surface area contributed by atoms with E-state index in [0.717, 1.165) is 18.7 Å². The monoisotopic (exact) mass is 240 g/mol. The van der Waals surface area contributed by atoms with Crippen molar-refractivity contribution in [2.24, 2.45) is 7.05 Å². The van der Waals surface area contributed by atoms with Gasteiger partial charge in [0.05, 0.1) is 6.04 Å². The molecule has 1 aromatic heterocycles. The third-order valence-corrected chi connectivity index (χ3v) is 2.39. The van der Waals surface area contributed by atoms with Gasteiger partial charge in [-0.2, -0.15) is 0 Å². The van der Waals surface area contributed by atoms with Gasteiger partial charge in [-0.25, -0.2) is 0 Å². The fourth-order valence-corrected chi connectivity index (χ4v) is 1.44. The van der Waals surface area contributed by atoms with Gasteiger partial charge >= 0.3 is 0 Å². The molecular weight excluding hydrogens is 220 g/mol. The van der Waals surface area contributed by atoms with E-state index in [1.807, 2.05) is 14.0 Å². The second-order valence-electron chi connectivity index (χ2n) is 4.00. The van der Waals surface area contributed by atoms with Crippen molar-refractivity contribution in [3.63, 3.8) is 0 Å². The van der Waals surface area contributed by atoms with Gasteiger partial charge in [0.25, 0.3) is 0 Å². The third kappa shape index (κ3) is 4.52. The molecule has 0 saturated heterocycles. The highest BCUT2D eigenvalue weighted by Crippen LogP contribution is 2.06. The van der Waals surface area contributed by atoms with Gasteiger partial charge < -0.3 is 14.6 Å². The minimum Gasteiger partial charge on any atom is -0.372 e. The van der Waals surface area contributed by atoms with Crippen LogP contribution in [0, 0.1) is 0 Å². The quantitative estimate of drug-likeness (QED) is 0.716. The van der Waals surface area contributed by atoms with Crippen LogP contribution >= 0.6 is 0 Å². The molecule has 17 heavy (non-hydrogen) atoms. The Kier molecular flexibility index (Phi) is 5.62. The van der Waals surface area contributed by atoms with Crippen LogP contribution in [0.25, 0.3) is 0 Å². The summed E-state index contributed by atoms with van der Waals surface area (Å²) in [6.07, 6.45) is 3.65. The number of carbonyl (C=O) groups excluding carboxylic acids is 1. The fourth-order valence-electron chi connectivity index (χ4n) is 1.44. The van der Waals surface area contributed by atoms with E-state index in [1.54, 1.807) is 10.9 Å². The molecule has 0 unspecified atom stereocenters. The van der Waals surface area contributed by atoms with E-state index < -0.39 is 0 Å². The predicted molar refractivity (Wildman–Crippen MR) is 63.3 cm³/mol. The number of hydrogen-bond donors (Lipinski definition) is 1. The number of ether oxygens (including phenoxy) is 1. The molecule has 0 aliphatic carbocycles. The standard InChI is InChI=1S/C11H20N4O2/c1-4-5-6-17-7-10(16)13-9(2)11-14-12-8-15(11)3/h8-9H,4-7H2,1-3H3,(H,13,16)/t9-/m0/s1. The van der Waals surface area contributed by atoms with Gasteiger partial charge in [0.2, 0.25) is 5.91 Å². The van der Waals surface area contributed by atoms with Crippen molar-refractivity contribution in [2.75, 3.05) is 13.2 Å². The van der Waals surface area contributed by atoms with Crippen LogP contribution in [0.15, 0.2) is 6.33 Å². The van der Waals surface area contributed by atoms with Crippen molar-refractivity contribution >= 4 is 5.91 Å². The molecule has 0 bridgehead atoms. The Balaban J connectivity index is 2.29. The van der Waals surface area contributed by atoms with Gasteiger partial charge in [-0.15, -0.1) is 10.2 Å². The number of aryl methyl sites for hydroxylation is 1. The Hall–Kier alpha value is -1.43. The summed E-state index contributed by atoms with van der Waals surface area (Å²) in [4.78, 5) is 11.5. The number of rotatable bonds is 7. The van der Waals surface area contributed by atoms with E-state index in [1.165, 1.54) is 0 Å². The van der Waals surface area contributed by atoms with E-state index >= 15 is 0 Å². The smallest absolute Gasteiger partial charge is 0.246 e. The molecule has 96 valence electrons. The molecule has 1 rings (SSSR count). The molecule has 1 atom stereocenters. The molecule has 6 nitrogen and oxygen atoms in total. The van der Waals surface area contributed by atoms with Gasteiger partial charge in [-0.3, -0.25) is 4.79 Å². The molecule has 1 amide bonds. The first-order valence-electron chi connectivity index (χ1n) is 5.86. The number of hydrogen-bond acceptors (Lipinski definition) is 4. The minimum absolute atomic E-state index is 0.0994.